The maximum atomic E-state index is 12.5. The number of amides is 1. The first-order valence-corrected chi connectivity index (χ1v) is 9.81. The largest absolute Gasteiger partial charge is 0.493 e. The van der Waals surface area contributed by atoms with Crippen LogP contribution in [0.2, 0.25) is 0 Å². The zero-order valence-electron chi connectivity index (χ0n) is 16.9. The minimum absolute atomic E-state index is 0.239. The highest BCUT2D eigenvalue weighted by Gasteiger charge is 2.15. The van der Waals surface area contributed by atoms with Crippen LogP contribution in [0, 0.1) is 0 Å². The van der Waals surface area contributed by atoms with Gasteiger partial charge in [-0.1, -0.05) is 37.3 Å². The van der Waals surface area contributed by atoms with Gasteiger partial charge in [-0.2, -0.15) is 0 Å². The molecule has 0 unspecified atom stereocenters. The number of rotatable bonds is 7. The van der Waals surface area contributed by atoms with Crippen molar-refractivity contribution in [3.8, 4) is 11.5 Å². The number of hydrazine groups is 1. The Labute approximate surface area is 174 Å². The van der Waals surface area contributed by atoms with Crippen LogP contribution in [0.4, 0.5) is 0 Å². The molecule has 0 spiro atoms. The number of nitrogens with one attached hydrogen (secondary N) is 2. The molecule has 3 aromatic carbocycles. The molecule has 0 fully saturated rings. The standard InChI is InChI=1S/C24H22N2O4/c1-3-12-29-21-10-8-16(13-22(21)28-2)15-25-26-24(27)23-14-19-18-7-5-4-6-17(18)9-11-20(19)30-23/h4-11,13-15H,3,12H2,1-2H3,(H,26,27)/p+1/b25-15+. The Balaban J connectivity index is 1.49. The van der Waals surface area contributed by atoms with Crippen molar-refractivity contribution >= 4 is 33.9 Å². The summed E-state index contributed by atoms with van der Waals surface area (Å²) in [5, 5.41) is 5.88. The first kappa shape index (κ1) is 19.5. The van der Waals surface area contributed by atoms with Crippen molar-refractivity contribution in [2.75, 3.05) is 13.7 Å². The molecule has 6 heteroatoms. The Morgan fingerprint density at radius 2 is 1.93 bits per heavy atom. The van der Waals surface area contributed by atoms with Crippen molar-refractivity contribution in [1.29, 1.82) is 0 Å². The van der Waals surface area contributed by atoms with Crippen molar-refractivity contribution in [2.24, 2.45) is 0 Å². The lowest BCUT2D eigenvalue weighted by Crippen LogP contribution is -2.81. The number of carbonyl (C=O) groups is 1. The molecule has 6 nitrogen and oxygen atoms in total. The third-order valence-electron chi connectivity index (χ3n) is 4.72. The van der Waals surface area contributed by atoms with Gasteiger partial charge in [-0.05, 0) is 47.5 Å². The molecular formula is C24H23N2O4+. The number of hydrazone groups is 1. The fourth-order valence-corrected chi connectivity index (χ4v) is 3.26. The maximum Gasteiger partial charge on any atom is 0.340 e. The third-order valence-corrected chi connectivity index (χ3v) is 4.72. The fourth-order valence-electron chi connectivity index (χ4n) is 3.26. The Bertz CT molecular complexity index is 1230. The molecule has 0 radical (unpaired) electrons. The van der Waals surface area contributed by atoms with Gasteiger partial charge in [0.1, 0.15) is 5.58 Å². The smallest absolute Gasteiger partial charge is 0.340 e. The van der Waals surface area contributed by atoms with E-state index in [0.29, 0.717) is 23.7 Å². The van der Waals surface area contributed by atoms with Gasteiger partial charge in [0.15, 0.2) is 23.5 Å². The summed E-state index contributed by atoms with van der Waals surface area (Å²) in [7, 11) is 1.60. The lowest BCUT2D eigenvalue weighted by molar-refractivity contribution is -0.503. The van der Waals surface area contributed by atoms with Crippen molar-refractivity contribution in [2.45, 2.75) is 13.3 Å². The predicted molar refractivity (Wildman–Crippen MR) is 116 cm³/mol. The summed E-state index contributed by atoms with van der Waals surface area (Å²) in [4.78, 5) is 12.5. The van der Waals surface area contributed by atoms with Crippen LogP contribution in [0.25, 0.3) is 21.7 Å². The van der Waals surface area contributed by atoms with E-state index in [-0.39, 0.29) is 11.7 Å². The predicted octanol–water partition coefficient (Wildman–Crippen LogP) is 3.23. The summed E-state index contributed by atoms with van der Waals surface area (Å²) in [6.45, 7) is 2.67. The van der Waals surface area contributed by atoms with Gasteiger partial charge >= 0.3 is 5.91 Å². The average molecular weight is 403 g/mol. The van der Waals surface area contributed by atoms with Gasteiger partial charge in [-0.3, -0.25) is 4.79 Å². The monoisotopic (exact) mass is 403 g/mol. The van der Waals surface area contributed by atoms with Crippen molar-refractivity contribution in [1.82, 2.24) is 5.43 Å². The van der Waals surface area contributed by atoms with Gasteiger partial charge in [-0.25, -0.2) is 0 Å². The van der Waals surface area contributed by atoms with Crippen LogP contribution in [0.15, 0.2) is 65.1 Å². The molecule has 4 rings (SSSR count). The molecule has 0 aliphatic carbocycles. The summed E-state index contributed by atoms with van der Waals surface area (Å²) < 4.78 is 16.8. The van der Waals surface area contributed by atoms with E-state index in [2.05, 4.69) is 10.5 Å². The highest BCUT2D eigenvalue weighted by molar-refractivity contribution is 6.08. The number of fused-ring (bicyclic) bond motifs is 3. The van der Waals surface area contributed by atoms with Crippen molar-refractivity contribution in [3.63, 3.8) is 0 Å². The Kier molecular flexibility index (Phi) is 5.66. The molecule has 1 aromatic heterocycles. The summed E-state index contributed by atoms with van der Waals surface area (Å²) in [6, 6.07) is 19.2. The van der Waals surface area contributed by atoms with Crippen LogP contribution >= 0.6 is 0 Å². The lowest BCUT2D eigenvalue weighted by Gasteiger charge is -2.09. The molecule has 0 bridgehead atoms. The molecule has 0 atom stereocenters. The number of furan rings is 1. The molecule has 30 heavy (non-hydrogen) atoms. The van der Waals surface area contributed by atoms with Gasteiger partial charge in [-0.15, -0.1) is 10.5 Å². The van der Waals surface area contributed by atoms with Crippen LogP contribution in [-0.2, 0) is 0 Å². The van der Waals surface area contributed by atoms with E-state index < -0.39 is 0 Å². The quantitative estimate of drug-likeness (QED) is 0.367. The Hall–Kier alpha value is -3.80. The average Bonchev–Trinajstić information content (AvgIpc) is 3.23. The lowest BCUT2D eigenvalue weighted by atomic mass is 10.1. The Morgan fingerprint density at radius 3 is 2.77 bits per heavy atom. The second-order valence-corrected chi connectivity index (χ2v) is 6.81. The van der Waals surface area contributed by atoms with Crippen molar-refractivity contribution < 1.29 is 23.8 Å². The van der Waals surface area contributed by atoms with Gasteiger partial charge < -0.3 is 13.9 Å². The van der Waals surface area contributed by atoms with Gasteiger partial charge in [0, 0.05) is 10.9 Å². The van der Waals surface area contributed by atoms with Crippen molar-refractivity contribution in [3.05, 3.63) is 72.0 Å². The number of ether oxygens (including phenoxy) is 2. The van der Waals surface area contributed by atoms with Gasteiger partial charge in [0.05, 0.1) is 13.7 Å². The third kappa shape index (κ3) is 3.98. The molecule has 0 saturated heterocycles. The molecule has 0 aliphatic heterocycles. The molecular weight excluding hydrogens is 380 g/mol. The molecule has 2 N–H and O–H groups in total. The molecule has 0 aliphatic rings. The van der Waals surface area contributed by atoms with E-state index in [4.69, 9.17) is 13.9 Å². The molecule has 4 aromatic rings. The first-order chi connectivity index (χ1) is 14.7. The van der Waals surface area contributed by atoms with Crippen LogP contribution in [0.1, 0.15) is 29.5 Å². The zero-order chi connectivity index (χ0) is 20.9. The van der Waals surface area contributed by atoms with E-state index in [0.717, 1.165) is 28.1 Å². The summed E-state index contributed by atoms with van der Waals surface area (Å²) >= 11 is 0. The number of hydrogen-bond acceptors (Lipinski definition) is 4. The van der Waals surface area contributed by atoms with E-state index in [1.54, 1.807) is 19.4 Å². The highest BCUT2D eigenvalue weighted by Crippen LogP contribution is 2.28. The SMILES string of the molecule is CCCOc1ccc(/C=[NH+]/NC(=O)c2cc3c(ccc4ccccc43)o2)cc1OC. The zero-order valence-corrected chi connectivity index (χ0v) is 16.9. The van der Waals surface area contributed by atoms with Crippen LogP contribution < -0.4 is 20.0 Å². The fraction of sp³-hybridized carbons (Fsp3) is 0.167. The first-order valence-electron chi connectivity index (χ1n) is 9.81. The van der Waals surface area contributed by atoms with Crippen LogP contribution in [0.5, 0.6) is 11.5 Å². The van der Waals surface area contributed by atoms with Crippen LogP contribution in [0.3, 0.4) is 0 Å². The van der Waals surface area contributed by atoms with Crippen LogP contribution in [-0.4, -0.2) is 25.8 Å². The normalized spacial score (nSPS) is 11.3. The summed E-state index contributed by atoms with van der Waals surface area (Å²) in [5.74, 6) is 1.20. The second-order valence-electron chi connectivity index (χ2n) is 6.81. The topological polar surface area (TPSA) is 74.7 Å². The van der Waals surface area contributed by atoms with Gasteiger partial charge in [0.2, 0.25) is 0 Å². The van der Waals surface area contributed by atoms with E-state index in [1.165, 1.54) is 0 Å². The van der Waals surface area contributed by atoms with E-state index in [9.17, 15) is 4.79 Å². The molecule has 1 amide bonds. The number of benzene rings is 3. The Morgan fingerprint density at radius 1 is 1.07 bits per heavy atom. The molecule has 0 saturated carbocycles. The number of hydrogen-bond donors (Lipinski definition) is 2. The summed E-state index contributed by atoms with van der Waals surface area (Å²) in [5.41, 5.74) is 4.13. The number of methoxy groups -OCH3 is 1. The minimum Gasteiger partial charge on any atom is -0.493 e. The minimum atomic E-state index is -0.360. The summed E-state index contributed by atoms with van der Waals surface area (Å²) in [6.07, 6.45) is 2.59. The highest BCUT2D eigenvalue weighted by atomic mass is 16.5. The van der Waals surface area contributed by atoms with E-state index >= 15 is 0 Å². The van der Waals surface area contributed by atoms with E-state index in [1.807, 2.05) is 61.5 Å². The maximum absolute atomic E-state index is 12.5. The van der Waals surface area contributed by atoms with Gasteiger partial charge in [0.25, 0.3) is 0 Å². The second kappa shape index (κ2) is 8.69. The number of carbonyl (C=O) groups excluding carboxylic acids is 1. The molecule has 1 heterocycles. The molecule has 152 valence electrons.